The quantitative estimate of drug-likeness (QED) is 0.323. The Morgan fingerprint density at radius 1 is 0.886 bits per heavy atom. The number of rotatable bonds is 5. The van der Waals surface area contributed by atoms with Crippen molar-refractivity contribution in [3.63, 3.8) is 0 Å². The van der Waals surface area contributed by atoms with E-state index in [2.05, 4.69) is 32.1 Å². The Labute approximate surface area is 203 Å². The van der Waals surface area contributed by atoms with Crippen molar-refractivity contribution in [2.75, 3.05) is 5.32 Å². The summed E-state index contributed by atoms with van der Waals surface area (Å²) in [5.41, 5.74) is 1.71. The van der Waals surface area contributed by atoms with Crippen molar-refractivity contribution in [2.24, 2.45) is 0 Å². The van der Waals surface area contributed by atoms with Gasteiger partial charge in [0.15, 0.2) is 0 Å². The number of nitrogens with zero attached hydrogens (tertiary/aromatic N) is 3. The Bertz CT molecular complexity index is 1510. The van der Waals surface area contributed by atoms with Crippen LogP contribution in [0.15, 0.2) is 104 Å². The molecule has 6 nitrogen and oxygen atoms in total. The molecule has 2 aromatic heterocycles. The van der Waals surface area contributed by atoms with E-state index in [9.17, 15) is 5.11 Å². The fourth-order valence-electron chi connectivity index (χ4n) is 3.52. The van der Waals surface area contributed by atoms with Gasteiger partial charge < -0.3 is 15.2 Å². The summed E-state index contributed by atoms with van der Waals surface area (Å²) >= 11 is 0. The predicted molar refractivity (Wildman–Crippen MR) is 136 cm³/mol. The maximum Gasteiger partial charge on any atom is 0.150 e. The zero-order chi connectivity index (χ0) is 24.1. The third-order valence-electron chi connectivity index (χ3n) is 5.41. The van der Waals surface area contributed by atoms with E-state index in [1.807, 2.05) is 72.8 Å². The normalized spacial score (nSPS) is 12.3. The van der Waals surface area contributed by atoms with Crippen LogP contribution in [0.2, 0.25) is 0 Å². The van der Waals surface area contributed by atoms with Crippen LogP contribution in [0, 0.1) is 11.8 Å². The van der Waals surface area contributed by atoms with E-state index in [0.717, 1.165) is 33.7 Å². The van der Waals surface area contributed by atoms with E-state index in [1.165, 1.54) is 6.33 Å². The van der Waals surface area contributed by atoms with E-state index in [0.29, 0.717) is 11.4 Å². The van der Waals surface area contributed by atoms with Crippen molar-refractivity contribution in [1.29, 1.82) is 0 Å². The molecule has 0 saturated heterocycles. The lowest BCUT2D eigenvalue weighted by molar-refractivity contribution is 0.122. The van der Waals surface area contributed by atoms with Crippen LogP contribution in [-0.2, 0) is 5.60 Å². The average Bonchev–Trinajstić information content (AvgIpc) is 2.90. The predicted octanol–water partition coefficient (Wildman–Crippen LogP) is 5.82. The van der Waals surface area contributed by atoms with Crippen molar-refractivity contribution >= 4 is 22.4 Å². The van der Waals surface area contributed by atoms with E-state index in [-0.39, 0.29) is 0 Å². The maximum absolute atomic E-state index is 10.8. The Kier molecular flexibility index (Phi) is 6.08. The van der Waals surface area contributed by atoms with Crippen LogP contribution in [0.4, 0.5) is 11.5 Å². The minimum Gasteiger partial charge on any atom is -0.457 e. The molecule has 0 aliphatic carbocycles. The molecule has 0 aliphatic rings. The molecule has 0 radical (unpaired) electrons. The minimum absolute atomic E-state index is 0.638. The molecule has 0 spiro atoms. The first-order valence-electron chi connectivity index (χ1n) is 11.1. The number of fused-ring (bicyclic) bond motifs is 1. The van der Waals surface area contributed by atoms with Gasteiger partial charge in [-0.3, -0.25) is 4.98 Å². The van der Waals surface area contributed by atoms with Crippen LogP contribution in [-0.4, -0.2) is 20.1 Å². The van der Waals surface area contributed by atoms with Gasteiger partial charge in [0, 0.05) is 34.6 Å². The van der Waals surface area contributed by atoms with Crippen molar-refractivity contribution in [3.05, 3.63) is 115 Å². The lowest BCUT2D eigenvalue weighted by Crippen LogP contribution is -2.18. The molecule has 0 saturated carbocycles. The summed E-state index contributed by atoms with van der Waals surface area (Å²) in [5, 5.41) is 14.9. The topological polar surface area (TPSA) is 80.2 Å². The first-order chi connectivity index (χ1) is 17.1. The van der Waals surface area contributed by atoms with Crippen molar-refractivity contribution in [1.82, 2.24) is 15.0 Å². The maximum atomic E-state index is 10.8. The molecule has 2 heterocycles. The molecule has 170 valence electrons. The molecule has 3 aromatic carbocycles. The van der Waals surface area contributed by atoms with Gasteiger partial charge in [-0.25, -0.2) is 9.97 Å². The van der Waals surface area contributed by atoms with Gasteiger partial charge in [0.25, 0.3) is 0 Å². The van der Waals surface area contributed by atoms with Gasteiger partial charge in [-0.15, -0.1) is 0 Å². The molecule has 2 N–H and O–H groups in total. The van der Waals surface area contributed by atoms with E-state index < -0.39 is 5.60 Å². The highest BCUT2D eigenvalue weighted by Crippen LogP contribution is 2.27. The van der Waals surface area contributed by atoms with Crippen LogP contribution < -0.4 is 10.1 Å². The van der Waals surface area contributed by atoms with Gasteiger partial charge in [0.05, 0.1) is 5.52 Å². The summed E-state index contributed by atoms with van der Waals surface area (Å²) in [4.78, 5) is 12.9. The fraction of sp³-hybridized carbons (Fsp3) is 0.0690. The molecule has 5 aromatic rings. The van der Waals surface area contributed by atoms with Gasteiger partial charge >= 0.3 is 0 Å². The van der Waals surface area contributed by atoms with Crippen molar-refractivity contribution < 1.29 is 9.84 Å². The number of hydrogen-bond acceptors (Lipinski definition) is 6. The zero-order valence-electron chi connectivity index (χ0n) is 19.0. The largest absolute Gasteiger partial charge is 0.457 e. The van der Waals surface area contributed by atoms with Crippen molar-refractivity contribution in [2.45, 2.75) is 12.5 Å². The van der Waals surface area contributed by atoms with Crippen LogP contribution in [0.1, 0.15) is 18.1 Å². The number of nitrogens with one attached hydrogen (secondary N) is 1. The monoisotopic (exact) mass is 458 g/mol. The Balaban J connectivity index is 1.38. The van der Waals surface area contributed by atoms with Gasteiger partial charge in [-0.2, -0.15) is 0 Å². The molecule has 5 rings (SSSR count). The number of para-hydroxylation sites is 1. The first-order valence-corrected chi connectivity index (χ1v) is 11.1. The summed E-state index contributed by atoms with van der Waals surface area (Å²) in [6.07, 6.45) is 4.80. The number of hydrogen-bond donors (Lipinski definition) is 2. The summed E-state index contributed by atoms with van der Waals surface area (Å²) in [6.45, 7) is 1.65. The molecule has 0 bridgehead atoms. The number of aromatic nitrogens is 3. The highest BCUT2D eigenvalue weighted by molar-refractivity contribution is 5.91. The van der Waals surface area contributed by atoms with E-state index in [1.54, 1.807) is 31.5 Å². The second-order valence-corrected chi connectivity index (χ2v) is 8.08. The molecule has 0 fully saturated rings. The Hall–Kier alpha value is -4.73. The van der Waals surface area contributed by atoms with Gasteiger partial charge in [-0.1, -0.05) is 36.1 Å². The standard InChI is InChI=1S/C29H22N4O2/c1-29(34,22-6-5-17-30-19-22)16-15-21-9-14-27-26(18-21)28(32-20-31-27)33-23-10-12-25(13-11-23)35-24-7-3-2-4-8-24/h2-14,17-20,34H,1H3,(H,31,32,33). The number of pyridine rings is 1. The van der Waals surface area contributed by atoms with Gasteiger partial charge in [-0.05, 0) is 67.6 Å². The van der Waals surface area contributed by atoms with Crippen LogP contribution in [0.5, 0.6) is 11.5 Å². The number of anilines is 2. The highest BCUT2D eigenvalue weighted by Gasteiger charge is 2.19. The second-order valence-electron chi connectivity index (χ2n) is 8.08. The average molecular weight is 459 g/mol. The minimum atomic E-state index is -1.32. The molecule has 1 unspecified atom stereocenters. The lowest BCUT2D eigenvalue weighted by Gasteiger charge is -2.15. The highest BCUT2D eigenvalue weighted by atomic mass is 16.5. The molecule has 1 atom stereocenters. The van der Waals surface area contributed by atoms with Crippen molar-refractivity contribution in [3.8, 4) is 23.3 Å². The lowest BCUT2D eigenvalue weighted by atomic mass is 9.98. The summed E-state index contributed by atoms with van der Waals surface area (Å²) in [6, 6.07) is 26.6. The number of ether oxygens (including phenoxy) is 1. The summed E-state index contributed by atoms with van der Waals surface area (Å²) < 4.78 is 5.86. The molecule has 6 heteroatoms. The van der Waals surface area contributed by atoms with E-state index in [4.69, 9.17) is 4.74 Å². The molecule has 0 amide bonds. The van der Waals surface area contributed by atoms with Crippen LogP contribution in [0.3, 0.4) is 0 Å². The molecular weight excluding hydrogens is 436 g/mol. The van der Waals surface area contributed by atoms with Gasteiger partial charge in [0.2, 0.25) is 0 Å². The third kappa shape index (κ3) is 5.27. The van der Waals surface area contributed by atoms with Crippen LogP contribution >= 0.6 is 0 Å². The fourth-order valence-corrected chi connectivity index (χ4v) is 3.52. The Morgan fingerprint density at radius 2 is 1.69 bits per heavy atom. The summed E-state index contributed by atoms with van der Waals surface area (Å²) in [5.74, 6) is 8.20. The van der Waals surface area contributed by atoms with E-state index >= 15 is 0 Å². The third-order valence-corrected chi connectivity index (χ3v) is 5.41. The molecule has 35 heavy (non-hydrogen) atoms. The number of benzene rings is 3. The molecular formula is C29H22N4O2. The SMILES string of the molecule is CC(O)(C#Cc1ccc2ncnc(Nc3ccc(Oc4ccccc4)cc3)c2c1)c1cccnc1. The number of aliphatic hydroxyl groups is 1. The smallest absolute Gasteiger partial charge is 0.150 e. The summed E-state index contributed by atoms with van der Waals surface area (Å²) in [7, 11) is 0. The first kappa shape index (κ1) is 22.1. The molecule has 0 aliphatic heterocycles. The second kappa shape index (κ2) is 9.64. The Morgan fingerprint density at radius 3 is 2.46 bits per heavy atom. The van der Waals surface area contributed by atoms with Gasteiger partial charge in [0.1, 0.15) is 29.2 Å². The van der Waals surface area contributed by atoms with Crippen LogP contribution in [0.25, 0.3) is 10.9 Å². The zero-order valence-corrected chi connectivity index (χ0v) is 19.0.